The minimum atomic E-state index is -0.746. The molecule has 0 saturated carbocycles. The van der Waals surface area contributed by atoms with Crippen molar-refractivity contribution in [2.75, 3.05) is 34.0 Å². The lowest BCUT2D eigenvalue weighted by Gasteiger charge is -2.25. The molecular formula is C24H26ClNO6. The lowest BCUT2D eigenvalue weighted by Crippen LogP contribution is -2.31. The molecule has 170 valence electrons. The largest absolute Gasteiger partial charge is 0.507 e. The molecule has 0 aromatic heterocycles. The maximum atomic E-state index is 13.0. The first-order valence-electron chi connectivity index (χ1n) is 10.3. The molecule has 8 heteroatoms. The number of rotatable bonds is 9. The average Bonchev–Trinajstić information content (AvgIpc) is 3.05. The van der Waals surface area contributed by atoms with E-state index in [1.807, 2.05) is 6.92 Å². The SMILES string of the molecule is CCOc1ccc(C2/C(=C(/O)c3ccc(Cl)c(OC)c3)C(=O)C(=O)N2CCCOC)cc1. The molecule has 1 atom stereocenters. The van der Waals surface area contributed by atoms with E-state index < -0.39 is 17.7 Å². The summed E-state index contributed by atoms with van der Waals surface area (Å²) < 4.78 is 15.8. The zero-order valence-corrected chi connectivity index (χ0v) is 19.0. The second kappa shape index (κ2) is 10.5. The second-order valence-electron chi connectivity index (χ2n) is 7.19. The van der Waals surface area contributed by atoms with Crippen LogP contribution in [0.25, 0.3) is 5.76 Å². The predicted octanol–water partition coefficient (Wildman–Crippen LogP) is 4.21. The van der Waals surface area contributed by atoms with Gasteiger partial charge in [0.15, 0.2) is 0 Å². The highest BCUT2D eigenvalue weighted by molar-refractivity contribution is 6.46. The summed E-state index contributed by atoms with van der Waals surface area (Å²) in [5.41, 5.74) is 1.03. The molecule has 0 aliphatic carbocycles. The number of ether oxygens (including phenoxy) is 3. The number of hydrogen-bond acceptors (Lipinski definition) is 6. The molecule has 1 saturated heterocycles. The van der Waals surface area contributed by atoms with Crippen LogP contribution in [0.15, 0.2) is 48.0 Å². The number of likely N-dealkylation sites (tertiary alicyclic amines) is 1. The van der Waals surface area contributed by atoms with E-state index in [-0.39, 0.29) is 11.3 Å². The summed E-state index contributed by atoms with van der Waals surface area (Å²) in [6.45, 7) is 3.15. The Bertz CT molecular complexity index is 1020. The van der Waals surface area contributed by atoms with E-state index in [1.54, 1.807) is 43.5 Å². The van der Waals surface area contributed by atoms with Crippen molar-refractivity contribution in [1.82, 2.24) is 4.90 Å². The highest BCUT2D eigenvalue weighted by Gasteiger charge is 2.45. The number of halogens is 1. The Morgan fingerprint density at radius 2 is 1.84 bits per heavy atom. The zero-order chi connectivity index (χ0) is 23.3. The van der Waals surface area contributed by atoms with Gasteiger partial charge in [-0.3, -0.25) is 9.59 Å². The highest BCUT2D eigenvalue weighted by atomic mass is 35.5. The minimum absolute atomic E-state index is 0.0148. The molecule has 0 bridgehead atoms. The topological polar surface area (TPSA) is 85.3 Å². The maximum absolute atomic E-state index is 13.0. The zero-order valence-electron chi connectivity index (χ0n) is 18.3. The van der Waals surface area contributed by atoms with E-state index in [4.69, 9.17) is 25.8 Å². The van der Waals surface area contributed by atoms with Crippen LogP contribution in [0, 0.1) is 0 Å². The number of aliphatic hydroxyl groups excluding tert-OH is 1. The number of carbonyl (C=O) groups is 2. The molecular weight excluding hydrogens is 434 g/mol. The first kappa shape index (κ1) is 23.6. The average molecular weight is 460 g/mol. The van der Waals surface area contributed by atoms with Gasteiger partial charge in [-0.2, -0.15) is 0 Å². The van der Waals surface area contributed by atoms with E-state index in [2.05, 4.69) is 0 Å². The summed E-state index contributed by atoms with van der Waals surface area (Å²) in [4.78, 5) is 27.4. The van der Waals surface area contributed by atoms with Crippen molar-refractivity contribution in [3.8, 4) is 11.5 Å². The van der Waals surface area contributed by atoms with Crippen LogP contribution in [-0.2, 0) is 14.3 Å². The summed E-state index contributed by atoms with van der Waals surface area (Å²) in [7, 11) is 3.03. The molecule has 0 radical (unpaired) electrons. The first-order valence-corrected chi connectivity index (χ1v) is 10.6. The first-order chi connectivity index (χ1) is 15.4. The standard InChI is InChI=1S/C24H26ClNO6/c1-4-32-17-9-6-15(7-10-17)21-20(23(28)24(29)26(21)12-5-13-30-2)22(27)16-8-11-18(25)19(14-16)31-3/h6-11,14,21,27H,4-5,12-13H2,1-3H3/b22-20-. The van der Waals surface area contributed by atoms with Gasteiger partial charge < -0.3 is 24.2 Å². The summed E-state index contributed by atoms with van der Waals surface area (Å²) in [6.07, 6.45) is 0.547. The number of carbonyl (C=O) groups excluding carboxylic acids is 2. The maximum Gasteiger partial charge on any atom is 0.295 e. The molecule has 1 aliphatic heterocycles. The molecule has 1 N–H and O–H groups in total. The number of amides is 1. The Balaban J connectivity index is 2.11. The van der Waals surface area contributed by atoms with Gasteiger partial charge in [-0.15, -0.1) is 0 Å². The van der Waals surface area contributed by atoms with E-state index in [0.29, 0.717) is 53.8 Å². The number of aliphatic hydroxyl groups is 1. The third-order valence-corrected chi connectivity index (χ3v) is 5.53. The molecule has 32 heavy (non-hydrogen) atoms. The molecule has 2 aromatic rings. The molecule has 1 amide bonds. The van der Waals surface area contributed by atoms with Crippen molar-refractivity contribution in [2.24, 2.45) is 0 Å². The molecule has 3 rings (SSSR count). The molecule has 2 aromatic carbocycles. The van der Waals surface area contributed by atoms with Gasteiger partial charge >= 0.3 is 0 Å². The van der Waals surface area contributed by atoms with Crippen molar-refractivity contribution < 1.29 is 28.9 Å². The predicted molar refractivity (Wildman–Crippen MR) is 121 cm³/mol. The molecule has 7 nitrogen and oxygen atoms in total. The Hall–Kier alpha value is -3.03. The van der Waals surface area contributed by atoms with E-state index >= 15 is 0 Å². The monoisotopic (exact) mass is 459 g/mol. The van der Waals surface area contributed by atoms with Crippen LogP contribution in [0.5, 0.6) is 11.5 Å². The van der Waals surface area contributed by atoms with Gasteiger partial charge in [0.05, 0.1) is 30.4 Å². The summed E-state index contributed by atoms with van der Waals surface area (Å²) in [5.74, 6) is -0.667. The number of nitrogens with zero attached hydrogens (tertiary/aromatic N) is 1. The van der Waals surface area contributed by atoms with Crippen molar-refractivity contribution >= 4 is 29.1 Å². The molecule has 1 fully saturated rings. The Morgan fingerprint density at radius 1 is 1.12 bits per heavy atom. The summed E-state index contributed by atoms with van der Waals surface area (Å²) >= 11 is 6.10. The van der Waals surface area contributed by atoms with Crippen LogP contribution >= 0.6 is 11.6 Å². The summed E-state index contributed by atoms with van der Waals surface area (Å²) in [6, 6.07) is 11.1. The van der Waals surface area contributed by atoms with Crippen molar-refractivity contribution in [3.05, 3.63) is 64.2 Å². The normalized spacial score (nSPS) is 17.6. The van der Waals surface area contributed by atoms with Crippen molar-refractivity contribution in [1.29, 1.82) is 0 Å². The number of hydrogen-bond donors (Lipinski definition) is 1. The summed E-state index contributed by atoms with van der Waals surface area (Å²) in [5, 5.41) is 11.5. The lowest BCUT2D eigenvalue weighted by molar-refractivity contribution is -0.140. The van der Waals surface area contributed by atoms with Crippen LogP contribution in [-0.4, -0.2) is 55.7 Å². The Morgan fingerprint density at radius 3 is 2.47 bits per heavy atom. The Labute approximate surface area is 192 Å². The molecule has 1 aliphatic rings. The lowest BCUT2D eigenvalue weighted by atomic mass is 9.95. The van der Waals surface area contributed by atoms with Gasteiger partial charge in [-0.1, -0.05) is 23.7 Å². The van der Waals surface area contributed by atoms with Gasteiger partial charge in [0.1, 0.15) is 17.3 Å². The van der Waals surface area contributed by atoms with E-state index in [9.17, 15) is 14.7 Å². The van der Waals surface area contributed by atoms with Crippen LogP contribution in [0.1, 0.15) is 30.5 Å². The van der Waals surface area contributed by atoms with Gasteiger partial charge in [-0.05, 0) is 49.2 Å². The van der Waals surface area contributed by atoms with Gasteiger partial charge in [0, 0.05) is 25.8 Å². The van der Waals surface area contributed by atoms with Crippen molar-refractivity contribution in [3.63, 3.8) is 0 Å². The van der Waals surface area contributed by atoms with Crippen LogP contribution in [0.4, 0.5) is 0 Å². The minimum Gasteiger partial charge on any atom is -0.507 e. The van der Waals surface area contributed by atoms with Gasteiger partial charge in [0.2, 0.25) is 0 Å². The smallest absolute Gasteiger partial charge is 0.295 e. The molecule has 0 spiro atoms. The quantitative estimate of drug-likeness (QED) is 0.262. The van der Waals surface area contributed by atoms with E-state index in [0.717, 1.165) is 0 Å². The highest BCUT2D eigenvalue weighted by Crippen LogP contribution is 2.40. The molecule has 1 heterocycles. The van der Waals surface area contributed by atoms with Crippen LogP contribution < -0.4 is 9.47 Å². The Kier molecular flexibility index (Phi) is 7.77. The van der Waals surface area contributed by atoms with E-state index in [1.165, 1.54) is 18.1 Å². The fraction of sp³-hybridized carbons (Fsp3) is 0.333. The number of methoxy groups -OCH3 is 2. The fourth-order valence-electron chi connectivity index (χ4n) is 3.71. The van der Waals surface area contributed by atoms with Gasteiger partial charge in [0.25, 0.3) is 11.7 Å². The number of ketones is 1. The van der Waals surface area contributed by atoms with Crippen molar-refractivity contribution in [2.45, 2.75) is 19.4 Å². The number of benzene rings is 2. The third kappa shape index (κ3) is 4.74. The van der Waals surface area contributed by atoms with Crippen LogP contribution in [0.2, 0.25) is 5.02 Å². The van der Waals surface area contributed by atoms with Gasteiger partial charge in [-0.25, -0.2) is 0 Å². The molecule has 1 unspecified atom stereocenters. The second-order valence-corrected chi connectivity index (χ2v) is 7.60. The van der Waals surface area contributed by atoms with Crippen LogP contribution in [0.3, 0.4) is 0 Å². The number of Topliss-reactive ketones (excluding diaryl/α,β-unsaturated/α-hetero) is 1. The third-order valence-electron chi connectivity index (χ3n) is 5.22. The fourth-order valence-corrected chi connectivity index (χ4v) is 3.91.